The van der Waals surface area contributed by atoms with Crippen LogP contribution in [0.25, 0.3) is 0 Å². The lowest BCUT2D eigenvalue weighted by atomic mass is 9.87. The molecule has 4 heteroatoms. The predicted octanol–water partition coefficient (Wildman–Crippen LogP) is 10.8. The molecular weight excluding hydrogens is 536 g/mol. The number of pyridine rings is 1. The third-order valence-corrected chi connectivity index (χ3v) is 8.84. The van der Waals surface area contributed by atoms with Crippen LogP contribution in [-0.2, 0) is 6.54 Å². The van der Waals surface area contributed by atoms with Gasteiger partial charge in [-0.2, -0.15) is 0 Å². The summed E-state index contributed by atoms with van der Waals surface area (Å²) in [4.78, 5) is 7.21. The van der Waals surface area contributed by atoms with E-state index in [0.717, 1.165) is 38.4 Å². The van der Waals surface area contributed by atoms with Gasteiger partial charge in [-0.05, 0) is 81.0 Å². The summed E-state index contributed by atoms with van der Waals surface area (Å²) in [6.07, 6.45) is 1.91. The Morgan fingerprint density at radius 1 is 0.545 bits per heavy atom. The Morgan fingerprint density at radius 2 is 0.932 bits per heavy atom. The average Bonchev–Trinajstić information content (AvgIpc) is 2.96. The summed E-state index contributed by atoms with van der Waals surface area (Å²) in [6, 6.07) is 16.0. The number of rotatable bonds is 16. The minimum Gasteiger partial charge on any atom is -0.383 e. The zero-order chi connectivity index (χ0) is 32.6. The van der Waals surface area contributed by atoms with E-state index in [2.05, 4.69) is 140 Å². The van der Waals surface area contributed by atoms with Gasteiger partial charge in [0.25, 0.3) is 0 Å². The van der Waals surface area contributed by atoms with Gasteiger partial charge in [0.1, 0.15) is 0 Å². The van der Waals surface area contributed by atoms with Crippen molar-refractivity contribution >= 4 is 11.4 Å². The van der Waals surface area contributed by atoms with Gasteiger partial charge < -0.3 is 10.6 Å². The molecule has 2 aromatic carbocycles. The number of nitrogens with zero attached hydrogens (tertiary/aromatic N) is 2. The largest absolute Gasteiger partial charge is 0.383 e. The number of hydrogen-bond donors (Lipinski definition) is 2. The van der Waals surface area contributed by atoms with Gasteiger partial charge in [0.2, 0.25) is 0 Å². The molecule has 3 rings (SSSR count). The van der Waals surface area contributed by atoms with E-state index < -0.39 is 0 Å². The first-order chi connectivity index (χ1) is 20.8. The second-order valence-corrected chi connectivity index (χ2v) is 14.5. The summed E-state index contributed by atoms with van der Waals surface area (Å²) < 4.78 is 0. The van der Waals surface area contributed by atoms with Crippen LogP contribution in [0.4, 0.5) is 11.4 Å². The van der Waals surface area contributed by atoms with Crippen molar-refractivity contribution in [2.45, 2.75) is 125 Å². The maximum atomic E-state index is 4.67. The molecule has 2 N–H and O–H groups in total. The summed E-state index contributed by atoms with van der Waals surface area (Å²) in [5, 5.41) is 7.83. The molecular formula is C40H62N4. The molecule has 3 aromatic rings. The van der Waals surface area contributed by atoms with E-state index in [1.54, 1.807) is 0 Å². The number of nitrogens with one attached hydrogen (secondary N) is 2. The van der Waals surface area contributed by atoms with Gasteiger partial charge in [-0.3, -0.25) is 9.88 Å². The molecule has 0 aliphatic carbocycles. The molecule has 0 saturated heterocycles. The summed E-state index contributed by atoms with van der Waals surface area (Å²) >= 11 is 0. The van der Waals surface area contributed by atoms with Gasteiger partial charge in [0.15, 0.2) is 0 Å². The highest BCUT2D eigenvalue weighted by atomic mass is 15.2. The third-order valence-electron chi connectivity index (χ3n) is 8.84. The minimum absolute atomic E-state index is 0.468. The van der Waals surface area contributed by atoms with Crippen molar-refractivity contribution in [2.75, 3.05) is 36.8 Å². The second kappa shape index (κ2) is 16.5. The molecule has 44 heavy (non-hydrogen) atoms. The summed E-state index contributed by atoms with van der Waals surface area (Å²) in [5.74, 6) is 2.92. The molecule has 242 valence electrons. The summed E-state index contributed by atoms with van der Waals surface area (Å²) in [6.45, 7) is 32.3. The highest BCUT2D eigenvalue weighted by Crippen LogP contribution is 2.37. The van der Waals surface area contributed by atoms with Crippen molar-refractivity contribution < 1.29 is 0 Å². The van der Waals surface area contributed by atoms with E-state index in [-0.39, 0.29) is 0 Å². The van der Waals surface area contributed by atoms with Crippen LogP contribution in [0, 0.1) is 0 Å². The lowest BCUT2D eigenvalue weighted by Gasteiger charge is -2.27. The van der Waals surface area contributed by atoms with Crippen molar-refractivity contribution in [1.29, 1.82) is 0 Å². The predicted molar refractivity (Wildman–Crippen MR) is 194 cm³/mol. The first kappa shape index (κ1) is 35.6. The standard InChI is InChI=1S/C40H62N4/c1-26(2)32-21-35(28(5)6)39(36(22-32)29(7)8)42-17-19-44(25-34-15-13-14-16-41-34)20-18-43-40-37(30(9)10)23-33(27(3)4)24-38(40)31(11)12/h13-16,21-24,26-31,42-43H,17-20,25H2,1-12H3. The molecule has 0 aliphatic heterocycles. The van der Waals surface area contributed by atoms with E-state index in [1.165, 1.54) is 44.8 Å². The lowest BCUT2D eigenvalue weighted by Crippen LogP contribution is -2.33. The SMILES string of the molecule is CC(C)c1cc(C(C)C)c(NCCN(CCNc2c(C(C)C)cc(C(C)C)cc2C(C)C)Cc2ccccn2)c(C(C)C)c1. The first-order valence-electron chi connectivity index (χ1n) is 17.2. The van der Waals surface area contributed by atoms with Crippen molar-refractivity contribution in [3.8, 4) is 0 Å². The molecule has 4 nitrogen and oxygen atoms in total. The Balaban J connectivity index is 1.83. The lowest BCUT2D eigenvalue weighted by molar-refractivity contribution is 0.283. The number of hydrogen-bond acceptors (Lipinski definition) is 4. The second-order valence-electron chi connectivity index (χ2n) is 14.5. The number of benzene rings is 2. The van der Waals surface area contributed by atoms with E-state index in [9.17, 15) is 0 Å². The normalized spacial score (nSPS) is 12.2. The van der Waals surface area contributed by atoms with E-state index in [0.29, 0.717) is 35.5 Å². The molecule has 0 aliphatic rings. The molecule has 0 spiro atoms. The van der Waals surface area contributed by atoms with Crippen LogP contribution in [0.1, 0.15) is 158 Å². The molecule has 1 heterocycles. The molecule has 0 fully saturated rings. The zero-order valence-electron chi connectivity index (χ0n) is 30.0. The Labute approximate surface area is 270 Å². The van der Waals surface area contributed by atoms with Gasteiger partial charge in [0, 0.05) is 50.3 Å². The fraction of sp³-hybridized carbons (Fsp3) is 0.575. The highest BCUT2D eigenvalue weighted by molar-refractivity contribution is 5.63. The van der Waals surface area contributed by atoms with Crippen molar-refractivity contribution in [3.05, 3.63) is 87.7 Å². The zero-order valence-corrected chi connectivity index (χ0v) is 30.0. The average molecular weight is 599 g/mol. The van der Waals surface area contributed by atoms with Crippen LogP contribution in [0.2, 0.25) is 0 Å². The summed E-state index contributed by atoms with van der Waals surface area (Å²) in [5.41, 5.74) is 12.4. The van der Waals surface area contributed by atoms with Crippen LogP contribution in [-0.4, -0.2) is 36.1 Å². The van der Waals surface area contributed by atoms with Gasteiger partial charge >= 0.3 is 0 Å². The van der Waals surface area contributed by atoms with Crippen LogP contribution in [0.5, 0.6) is 0 Å². The topological polar surface area (TPSA) is 40.2 Å². The first-order valence-corrected chi connectivity index (χ1v) is 17.2. The van der Waals surface area contributed by atoms with Crippen LogP contribution in [0.15, 0.2) is 48.7 Å². The summed E-state index contributed by atoms with van der Waals surface area (Å²) in [7, 11) is 0. The van der Waals surface area contributed by atoms with Gasteiger partial charge in [-0.25, -0.2) is 0 Å². The van der Waals surface area contributed by atoms with E-state index in [1.807, 2.05) is 12.3 Å². The molecule has 0 unspecified atom stereocenters. The number of aromatic nitrogens is 1. The maximum Gasteiger partial charge on any atom is 0.0543 e. The van der Waals surface area contributed by atoms with Gasteiger partial charge in [-0.15, -0.1) is 0 Å². The molecule has 0 bridgehead atoms. The Bertz CT molecular complexity index is 1160. The Hall–Kier alpha value is -2.85. The van der Waals surface area contributed by atoms with E-state index in [4.69, 9.17) is 0 Å². The van der Waals surface area contributed by atoms with Gasteiger partial charge in [0.05, 0.1) is 5.69 Å². The highest BCUT2D eigenvalue weighted by Gasteiger charge is 2.19. The fourth-order valence-electron chi connectivity index (χ4n) is 5.99. The van der Waals surface area contributed by atoms with Gasteiger partial charge in [-0.1, -0.05) is 113 Å². The molecule has 0 saturated carbocycles. The molecule has 0 atom stereocenters. The van der Waals surface area contributed by atoms with Crippen molar-refractivity contribution in [1.82, 2.24) is 9.88 Å². The number of anilines is 2. The Morgan fingerprint density at radius 3 is 1.23 bits per heavy atom. The van der Waals surface area contributed by atoms with E-state index >= 15 is 0 Å². The van der Waals surface area contributed by atoms with Crippen LogP contribution < -0.4 is 10.6 Å². The maximum absolute atomic E-state index is 4.67. The Kier molecular flexibility index (Phi) is 13.3. The minimum atomic E-state index is 0.468. The monoisotopic (exact) mass is 598 g/mol. The molecule has 0 radical (unpaired) electrons. The smallest absolute Gasteiger partial charge is 0.0543 e. The molecule has 0 amide bonds. The molecule has 1 aromatic heterocycles. The third kappa shape index (κ3) is 9.57. The van der Waals surface area contributed by atoms with Crippen molar-refractivity contribution in [2.24, 2.45) is 0 Å². The fourth-order valence-corrected chi connectivity index (χ4v) is 5.99. The van der Waals surface area contributed by atoms with Crippen LogP contribution in [0.3, 0.4) is 0 Å². The quantitative estimate of drug-likeness (QED) is 0.172. The van der Waals surface area contributed by atoms with Crippen molar-refractivity contribution in [3.63, 3.8) is 0 Å². The van der Waals surface area contributed by atoms with Crippen LogP contribution >= 0.6 is 0 Å².